The number of amides is 1. The van der Waals surface area contributed by atoms with Crippen molar-refractivity contribution in [2.75, 3.05) is 31.6 Å². The lowest BCUT2D eigenvalue weighted by Gasteiger charge is -2.34. The Morgan fingerprint density at radius 2 is 1.73 bits per heavy atom. The molecule has 3 aromatic rings. The van der Waals surface area contributed by atoms with Crippen LogP contribution in [0, 0.1) is 13.8 Å². The second-order valence-electron chi connectivity index (χ2n) is 8.94. The third kappa shape index (κ3) is 5.84. The number of fused-ring (bicyclic) bond motifs is 1. The Kier molecular flexibility index (Phi) is 7.94. The Balaban J connectivity index is 1.67. The van der Waals surface area contributed by atoms with E-state index in [1.807, 2.05) is 43.3 Å². The molecule has 0 saturated heterocycles. The number of carbonyl (C=O) groups is 2. The maximum absolute atomic E-state index is 13.9. The number of sulfonamides is 1. The number of ether oxygens (including phenoxy) is 2. The highest BCUT2D eigenvalue weighted by molar-refractivity contribution is 7.89. The fraction of sp³-hybridized carbons (Fsp3) is 0.286. The van der Waals surface area contributed by atoms with E-state index in [0.717, 1.165) is 11.1 Å². The SMILES string of the molecule is COC(=O)[C@H]1CN(C(=O)CN(CCc2ccccc2)S(=O)(=O)c2cc(C)ccc2C)c2ccccc2O1. The first kappa shape index (κ1) is 26.4. The van der Waals surface area contributed by atoms with Gasteiger partial charge in [-0.15, -0.1) is 0 Å². The second kappa shape index (κ2) is 11.1. The molecular formula is C28H30N2O6S. The van der Waals surface area contributed by atoms with Gasteiger partial charge in [-0.05, 0) is 55.2 Å². The topological polar surface area (TPSA) is 93.2 Å². The molecule has 0 aliphatic carbocycles. The molecule has 0 aromatic heterocycles. The fourth-order valence-corrected chi connectivity index (χ4v) is 5.97. The van der Waals surface area contributed by atoms with Crippen molar-refractivity contribution in [3.05, 3.63) is 89.5 Å². The summed E-state index contributed by atoms with van der Waals surface area (Å²) in [6.45, 7) is 3.19. The van der Waals surface area contributed by atoms with Crippen molar-refractivity contribution in [2.24, 2.45) is 0 Å². The van der Waals surface area contributed by atoms with Crippen LogP contribution in [0.15, 0.2) is 77.7 Å². The number of nitrogens with zero attached hydrogens (tertiary/aromatic N) is 2. The summed E-state index contributed by atoms with van der Waals surface area (Å²) < 4.78 is 39.5. The highest BCUT2D eigenvalue weighted by Crippen LogP contribution is 2.34. The lowest BCUT2D eigenvalue weighted by Crippen LogP contribution is -2.51. The molecule has 1 atom stereocenters. The highest BCUT2D eigenvalue weighted by Gasteiger charge is 2.36. The van der Waals surface area contributed by atoms with Crippen LogP contribution in [-0.4, -0.2) is 57.4 Å². The number of methoxy groups -OCH3 is 1. The predicted molar refractivity (Wildman–Crippen MR) is 140 cm³/mol. The summed E-state index contributed by atoms with van der Waals surface area (Å²) in [6.07, 6.45) is -0.583. The Morgan fingerprint density at radius 1 is 1.03 bits per heavy atom. The van der Waals surface area contributed by atoms with Crippen LogP contribution in [0.2, 0.25) is 0 Å². The van der Waals surface area contributed by atoms with E-state index in [0.29, 0.717) is 23.4 Å². The Bertz CT molecular complexity index is 1390. The Labute approximate surface area is 217 Å². The number of hydrogen-bond acceptors (Lipinski definition) is 6. The van der Waals surface area contributed by atoms with Gasteiger partial charge in [-0.1, -0.05) is 54.6 Å². The largest absolute Gasteiger partial charge is 0.475 e. The van der Waals surface area contributed by atoms with Crippen molar-refractivity contribution in [1.82, 2.24) is 4.31 Å². The van der Waals surface area contributed by atoms with Crippen molar-refractivity contribution in [3.8, 4) is 5.75 Å². The summed E-state index contributed by atoms with van der Waals surface area (Å²) in [4.78, 5) is 27.5. The Morgan fingerprint density at radius 3 is 2.46 bits per heavy atom. The second-order valence-corrected chi connectivity index (χ2v) is 10.9. The van der Waals surface area contributed by atoms with E-state index >= 15 is 0 Å². The molecule has 0 fully saturated rings. The van der Waals surface area contributed by atoms with Gasteiger partial charge in [-0.2, -0.15) is 4.31 Å². The van der Waals surface area contributed by atoms with Crippen LogP contribution in [0.1, 0.15) is 16.7 Å². The van der Waals surface area contributed by atoms with Crippen LogP contribution in [-0.2, 0) is 30.8 Å². The third-order valence-electron chi connectivity index (χ3n) is 6.30. The maximum Gasteiger partial charge on any atom is 0.348 e. The van der Waals surface area contributed by atoms with Crippen molar-refractivity contribution < 1.29 is 27.5 Å². The molecule has 8 nitrogen and oxygen atoms in total. The van der Waals surface area contributed by atoms with Gasteiger partial charge in [0.1, 0.15) is 5.75 Å². The van der Waals surface area contributed by atoms with Gasteiger partial charge < -0.3 is 14.4 Å². The van der Waals surface area contributed by atoms with Gasteiger partial charge >= 0.3 is 5.97 Å². The quantitative estimate of drug-likeness (QED) is 0.421. The molecule has 0 radical (unpaired) electrons. The van der Waals surface area contributed by atoms with Gasteiger partial charge in [0.15, 0.2) is 0 Å². The monoisotopic (exact) mass is 522 g/mol. The van der Waals surface area contributed by atoms with E-state index in [2.05, 4.69) is 0 Å². The van der Waals surface area contributed by atoms with Gasteiger partial charge in [0.05, 0.1) is 30.8 Å². The number of hydrogen-bond donors (Lipinski definition) is 0. The summed E-state index contributed by atoms with van der Waals surface area (Å²) in [5, 5.41) is 0. The van der Waals surface area contributed by atoms with E-state index in [-0.39, 0.29) is 18.0 Å². The number of rotatable bonds is 8. The molecule has 9 heteroatoms. The van der Waals surface area contributed by atoms with Crippen LogP contribution < -0.4 is 9.64 Å². The summed E-state index contributed by atoms with van der Waals surface area (Å²) in [7, 11) is -2.76. The minimum Gasteiger partial charge on any atom is -0.475 e. The maximum atomic E-state index is 13.9. The zero-order valence-electron chi connectivity index (χ0n) is 21.1. The lowest BCUT2D eigenvalue weighted by atomic mass is 10.1. The average Bonchev–Trinajstić information content (AvgIpc) is 2.91. The number of anilines is 1. The number of carbonyl (C=O) groups excluding carboxylic acids is 2. The summed E-state index contributed by atoms with van der Waals surface area (Å²) >= 11 is 0. The molecule has 37 heavy (non-hydrogen) atoms. The van der Waals surface area contributed by atoms with Gasteiger partial charge in [0.25, 0.3) is 0 Å². The molecule has 3 aromatic carbocycles. The first-order chi connectivity index (χ1) is 17.7. The fourth-order valence-electron chi connectivity index (χ4n) is 4.27. The predicted octanol–water partition coefficient (Wildman–Crippen LogP) is 3.50. The van der Waals surface area contributed by atoms with Gasteiger partial charge in [0, 0.05) is 6.54 Å². The smallest absolute Gasteiger partial charge is 0.348 e. The van der Waals surface area contributed by atoms with Crippen LogP contribution in [0.3, 0.4) is 0 Å². The number of esters is 1. The molecule has 0 N–H and O–H groups in total. The zero-order chi connectivity index (χ0) is 26.6. The van der Waals surface area contributed by atoms with E-state index in [4.69, 9.17) is 9.47 Å². The molecule has 4 rings (SSSR count). The molecule has 0 unspecified atom stereocenters. The Hall–Kier alpha value is -3.69. The first-order valence-electron chi connectivity index (χ1n) is 12.0. The number of aryl methyl sites for hydroxylation is 2. The van der Waals surface area contributed by atoms with E-state index < -0.39 is 34.5 Å². The van der Waals surface area contributed by atoms with Gasteiger partial charge in [-0.25, -0.2) is 13.2 Å². The number of para-hydroxylation sites is 2. The molecule has 1 amide bonds. The molecule has 1 heterocycles. The standard InChI is InChI=1S/C28H30N2O6S/c1-20-13-14-21(2)26(17-20)37(33,34)29(16-15-22-9-5-4-6-10-22)19-27(31)30-18-25(28(32)35-3)36-24-12-8-7-11-23(24)30/h4-14,17,25H,15-16,18-19H2,1-3H3/t25-/m1/s1. The van der Waals surface area contributed by atoms with E-state index in [1.54, 1.807) is 43.3 Å². The summed E-state index contributed by atoms with van der Waals surface area (Å²) in [6, 6.07) is 21.6. The molecule has 1 aliphatic rings. The molecule has 0 bridgehead atoms. The van der Waals surface area contributed by atoms with Gasteiger partial charge in [0.2, 0.25) is 22.0 Å². The van der Waals surface area contributed by atoms with Crippen LogP contribution in [0.4, 0.5) is 5.69 Å². The van der Waals surface area contributed by atoms with Crippen molar-refractivity contribution in [1.29, 1.82) is 0 Å². The minimum absolute atomic E-state index is 0.0848. The molecule has 1 aliphatic heterocycles. The average molecular weight is 523 g/mol. The van der Waals surface area contributed by atoms with E-state index in [9.17, 15) is 18.0 Å². The van der Waals surface area contributed by atoms with Crippen molar-refractivity contribution >= 4 is 27.6 Å². The van der Waals surface area contributed by atoms with Gasteiger partial charge in [-0.3, -0.25) is 4.79 Å². The number of benzene rings is 3. The first-order valence-corrected chi connectivity index (χ1v) is 13.4. The van der Waals surface area contributed by atoms with Crippen LogP contribution in [0.5, 0.6) is 5.75 Å². The normalized spacial score (nSPS) is 15.1. The summed E-state index contributed by atoms with van der Waals surface area (Å²) in [5.41, 5.74) is 2.84. The molecular weight excluding hydrogens is 492 g/mol. The van der Waals surface area contributed by atoms with Crippen molar-refractivity contribution in [3.63, 3.8) is 0 Å². The summed E-state index contributed by atoms with van der Waals surface area (Å²) in [5.74, 6) is -0.728. The lowest BCUT2D eigenvalue weighted by molar-refractivity contribution is -0.148. The minimum atomic E-state index is -4.01. The molecule has 0 spiro atoms. The van der Waals surface area contributed by atoms with Crippen molar-refractivity contribution in [2.45, 2.75) is 31.3 Å². The van der Waals surface area contributed by atoms with E-state index in [1.165, 1.54) is 16.3 Å². The van der Waals surface area contributed by atoms with Crippen LogP contribution in [0.25, 0.3) is 0 Å². The van der Waals surface area contributed by atoms with Crippen LogP contribution >= 0.6 is 0 Å². The highest BCUT2D eigenvalue weighted by atomic mass is 32.2. The third-order valence-corrected chi connectivity index (χ3v) is 8.29. The molecule has 0 saturated carbocycles. The molecule has 194 valence electrons. The zero-order valence-corrected chi connectivity index (χ0v) is 21.9.